The molecule has 0 saturated carbocycles. The number of ether oxygens (including phenoxy) is 4. The van der Waals surface area contributed by atoms with Crippen LogP contribution >= 0.6 is 0 Å². The third kappa shape index (κ3) is 17.0. The summed E-state index contributed by atoms with van der Waals surface area (Å²) in [6.45, 7) is 14.7. The van der Waals surface area contributed by atoms with E-state index in [0.29, 0.717) is 16.9 Å². The minimum atomic E-state index is -1.15. The quantitative estimate of drug-likeness (QED) is 0.146. The molecular formula is C40H54N2O11. The Morgan fingerprint density at radius 3 is 1.40 bits per heavy atom. The van der Waals surface area contributed by atoms with Crippen molar-refractivity contribution in [3.63, 3.8) is 0 Å². The summed E-state index contributed by atoms with van der Waals surface area (Å²) in [4.78, 5) is 85.8. The first-order valence-corrected chi connectivity index (χ1v) is 17.5. The van der Waals surface area contributed by atoms with E-state index in [-0.39, 0.29) is 68.2 Å². The van der Waals surface area contributed by atoms with Crippen LogP contribution in [0, 0.1) is 5.41 Å². The lowest BCUT2D eigenvalue weighted by Gasteiger charge is -2.36. The van der Waals surface area contributed by atoms with E-state index in [1.54, 1.807) is 97.0 Å². The van der Waals surface area contributed by atoms with Gasteiger partial charge in [0.2, 0.25) is 5.91 Å². The zero-order valence-corrected chi connectivity index (χ0v) is 32.3. The number of esters is 4. The van der Waals surface area contributed by atoms with E-state index in [1.165, 1.54) is 13.8 Å². The van der Waals surface area contributed by atoms with Gasteiger partial charge in [-0.2, -0.15) is 0 Å². The molecule has 0 heterocycles. The molecule has 0 aliphatic carbocycles. The lowest BCUT2D eigenvalue weighted by Crippen LogP contribution is -2.50. The first-order valence-electron chi connectivity index (χ1n) is 17.5. The molecule has 53 heavy (non-hydrogen) atoms. The molecule has 2 unspecified atom stereocenters. The standard InChI is InChI=1S/C40H54N2O11/c1-25(43)10-20-33(45)50-29-16-12-27(13-17-29)22-31(41)35(47)52-39(6,7)24-40(8,9)53-36(48)32(42-37(49)38(3,4)5)23-28-14-18-30(19-15-28)51-34(46)21-11-26(2)44/h12-19,31-32H,10-11,20-24,41H2,1-9H3,(H,42,49). The summed E-state index contributed by atoms with van der Waals surface area (Å²) < 4.78 is 22.2. The normalized spacial score (nSPS) is 12.9. The van der Waals surface area contributed by atoms with Crippen molar-refractivity contribution < 1.29 is 52.5 Å². The van der Waals surface area contributed by atoms with Gasteiger partial charge in [-0.05, 0) is 83.4 Å². The van der Waals surface area contributed by atoms with Gasteiger partial charge in [0.05, 0.1) is 12.8 Å². The highest BCUT2D eigenvalue weighted by molar-refractivity contribution is 5.88. The molecule has 2 atom stereocenters. The Morgan fingerprint density at radius 2 is 1.00 bits per heavy atom. The van der Waals surface area contributed by atoms with Gasteiger partial charge in [-0.1, -0.05) is 45.0 Å². The number of rotatable bonds is 19. The molecule has 13 nitrogen and oxygen atoms in total. The fourth-order valence-corrected chi connectivity index (χ4v) is 5.24. The third-order valence-corrected chi connectivity index (χ3v) is 7.75. The smallest absolute Gasteiger partial charge is 0.329 e. The number of hydrogen-bond donors (Lipinski definition) is 2. The van der Waals surface area contributed by atoms with Crippen LogP contribution in [0.2, 0.25) is 0 Å². The number of Topliss-reactive ketones (excluding diaryl/α,β-unsaturated/α-hetero) is 2. The summed E-state index contributed by atoms with van der Waals surface area (Å²) >= 11 is 0. The predicted octanol–water partition coefficient (Wildman–Crippen LogP) is 4.91. The van der Waals surface area contributed by atoms with E-state index in [1.807, 2.05) is 0 Å². The molecule has 0 radical (unpaired) electrons. The van der Waals surface area contributed by atoms with Crippen molar-refractivity contribution in [2.24, 2.45) is 11.1 Å². The number of amides is 1. The number of carbonyl (C=O) groups excluding carboxylic acids is 7. The largest absolute Gasteiger partial charge is 0.458 e. The number of nitrogens with two attached hydrogens (primary N) is 1. The zero-order chi connectivity index (χ0) is 40.1. The van der Waals surface area contributed by atoms with Crippen molar-refractivity contribution in [1.82, 2.24) is 5.32 Å². The topological polar surface area (TPSA) is 194 Å². The number of carbonyl (C=O) groups is 7. The van der Waals surface area contributed by atoms with E-state index in [9.17, 15) is 33.6 Å². The fourth-order valence-electron chi connectivity index (χ4n) is 5.24. The summed E-state index contributed by atoms with van der Waals surface area (Å²) in [5, 5.41) is 2.79. The average molecular weight is 739 g/mol. The average Bonchev–Trinajstić information content (AvgIpc) is 3.02. The molecule has 2 aromatic rings. The van der Waals surface area contributed by atoms with Crippen molar-refractivity contribution in [2.75, 3.05) is 0 Å². The van der Waals surface area contributed by atoms with Crippen LogP contribution in [0.15, 0.2) is 48.5 Å². The summed E-state index contributed by atoms with van der Waals surface area (Å²) in [6.07, 6.45) is 0.442. The summed E-state index contributed by atoms with van der Waals surface area (Å²) in [7, 11) is 0. The van der Waals surface area contributed by atoms with Gasteiger partial charge >= 0.3 is 23.9 Å². The summed E-state index contributed by atoms with van der Waals surface area (Å²) in [6, 6.07) is 10.9. The van der Waals surface area contributed by atoms with E-state index in [4.69, 9.17) is 24.7 Å². The van der Waals surface area contributed by atoms with Gasteiger partial charge in [0.15, 0.2) is 0 Å². The van der Waals surface area contributed by atoms with Crippen LogP contribution in [-0.4, -0.2) is 64.6 Å². The number of benzene rings is 2. The maximum Gasteiger partial charge on any atom is 0.329 e. The molecular weight excluding hydrogens is 684 g/mol. The second-order valence-electron chi connectivity index (χ2n) is 15.5. The minimum absolute atomic E-state index is 0.0185. The second kappa shape index (κ2) is 19.2. The predicted molar refractivity (Wildman–Crippen MR) is 196 cm³/mol. The molecule has 3 N–H and O–H groups in total. The molecule has 1 amide bonds. The molecule has 0 aliphatic rings. The van der Waals surface area contributed by atoms with Crippen molar-refractivity contribution in [3.05, 3.63) is 59.7 Å². The van der Waals surface area contributed by atoms with Crippen LogP contribution in [0.1, 0.15) is 106 Å². The van der Waals surface area contributed by atoms with Gasteiger partial charge in [-0.15, -0.1) is 0 Å². The van der Waals surface area contributed by atoms with E-state index in [0.717, 1.165) is 0 Å². The van der Waals surface area contributed by atoms with Gasteiger partial charge in [0, 0.05) is 31.1 Å². The number of nitrogens with one attached hydrogen (secondary N) is 1. The molecule has 290 valence electrons. The molecule has 0 aromatic heterocycles. The second-order valence-corrected chi connectivity index (χ2v) is 15.5. The van der Waals surface area contributed by atoms with E-state index in [2.05, 4.69) is 5.32 Å². The molecule has 0 fully saturated rings. The maximum absolute atomic E-state index is 13.6. The highest BCUT2D eigenvalue weighted by Gasteiger charge is 2.38. The Hall–Kier alpha value is -4.91. The fraction of sp³-hybridized carbons (Fsp3) is 0.525. The van der Waals surface area contributed by atoms with Crippen molar-refractivity contribution in [1.29, 1.82) is 0 Å². The van der Waals surface area contributed by atoms with Crippen LogP contribution in [0.3, 0.4) is 0 Å². The third-order valence-electron chi connectivity index (χ3n) is 7.75. The van der Waals surface area contributed by atoms with Crippen LogP contribution in [0.4, 0.5) is 0 Å². The molecule has 0 saturated heterocycles. The molecule has 0 aliphatic heterocycles. The Bertz CT molecular complexity index is 1620. The monoisotopic (exact) mass is 738 g/mol. The highest BCUT2D eigenvalue weighted by atomic mass is 16.6. The lowest BCUT2D eigenvalue weighted by molar-refractivity contribution is -0.173. The molecule has 13 heteroatoms. The lowest BCUT2D eigenvalue weighted by atomic mass is 9.91. The number of ketones is 2. The van der Waals surface area contributed by atoms with Crippen molar-refractivity contribution in [2.45, 2.75) is 131 Å². The van der Waals surface area contributed by atoms with Crippen LogP contribution in [-0.2, 0) is 55.9 Å². The molecule has 0 bridgehead atoms. The van der Waals surface area contributed by atoms with Gasteiger partial charge in [-0.3, -0.25) is 19.2 Å². The Kier molecular flexibility index (Phi) is 16.1. The summed E-state index contributed by atoms with van der Waals surface area (Å²) in [5.74, 6) is -2.44. The Morgan fingerprint density at radius 1 is 0.604 bits per heavy atom. The highest BCUT2D eigenvalue weighted by Crippen LogP contribution is 2.28. The molecule has 2 rings (SSSR count). The number of hydrogen-bond acceptors (Lipinski definition) is 12. The Labute approximate surface area is 311 Å². The van der Waals surface area contributed by atoms with Gasteiger partial charge in [-0.25, -0.2) is 4.79 Å². The van der Waals surface area contributed by atoms with E-state index >= 15 is 0 Å². The molecule has 2 aromatic carbocycles. The first-order chi connectivity index (χ1) is 24.4. The van der Waals surface area contributed by atoms with Gasteiger partial charge < -0.3 is 39.6 Å². The van der Waals surface area contributed by atoms with Crippen LogP contribution < -0.4 is 20.5 Å². The minimum Gasteiger partial charge on any atom is -0.458 e. The maximum atomic E-state index is 13.6. The Balaban J connectivity index is 2.04. The first kappa shape index (κ1) is 44.3. The van der Waals surface area contributed by atoms with Crippen LogP contribution in [0.25, 0.3) is 0 Å². The SMILES string of the molecule is CC(=O)CCC(=O)Oc1ccc(CC(N)C(=O)OC(C)(C)CC(C)(C)OC(=O)C(Cc2ccc(OC(=O)CCC(C)=O)cc2)NC(=O)C(C)(C)C)cc1. The van der Waals surface area contributed by atoms with Crippen molar-refractivity contribution in [3.8, 4) is 11.5 Å². The van der Waals surface area contributed by atoms with Gasteiger partial charge in [0.1, 0.15) is 46.4 Å². The zero-order valence-electron chi connectivity index (χ0n) is 32.3. The summed E-state index contributed by atoms with van der Waals surface area (Å²) in [5.41, 5.74) is 4.49. The van der Waals surface area contributed by atoms with Crippen molar-refractivity contribution >= 4 is 41.4 Å². The van der Waals surface area contributed by atoms with E-state index < -0.39 is 52.6 Å². The van der Waals surface area contributed by atoms with Crippen LogP contribution in [0.5, 0.6) is 11.5 Å². The molecule has 0 spiro atoms. The van der Waals surface area contributed by atoms with Gasteiger partial charge in [0.25, 0.3) is 0 Å².